The van der Waals surface area contributed by atoms with Gasteiger partial charge >= 0.3 is 0 Å². The summed E-state index contributed by atoms with van der Waals surface area (Å²) in [6, 6.07) is 44.5. The lowest BCUT2D eigenvalue weighted by molar-refractivity contribution is 0.823. The van der Waals surface area contributed by atoms with Crippen molar-refractivity contribution in [1.82, 2.24) is 9.55 Å². The highest BCUT2D eigenvalue weighted by molar-refractivity contribution is 6.54. The molecule has 0 N–H and O–H groups in total. The first kappa shape index (κ1) is 26.7. The van der Waals surface area contributed by atoms with E-state index in [1.807, 2.05) is 6.20 Å². The molecule has 193 valence electrons. The van der Waals surface area contributed by atoms with E-state index < -0.39 is 0 Å². The average Bonchev–Trinajstić information content (AvgIpc) is 3.45. The fourth-order valence-electron chi connectivity index (χ4n) is 5.31. The molecule has 1 heterocycles. The van der Waals surface area contributed by atoms with Gasteiger partial charge in [0.2, 0.25) is 7.28 Å². The normalized spacial score (nSPS) is 12.0. The molecular weight excluding hydrogens is 487 g/mol. The zero-order valence-electron chi connectivity index (χ0n) is 22.7. The van der Waals surface area contributed by atoms with Crippen LogP contribution in [0.25, 0.3) is 0 Å². The predicted octanol–water partition coefficient (Wildman–Crippen LogP) is 6.72. The number of hydrogen-bond acceptors (Lipinski definition) is 1. The summed E-state index contributed by atoms with van der Waals surface area (Å²) in [5.41, 5.74) is 7.93. The number of benzene rings is 4. The molecule has 0 atom stereocenters. The molecule has 1 radical (unpaired) electrons. The van der Waals surface area contributed by atoms with E-state index in [9.17, 15) is 0 Å². The molecule has 39 heavy (non-hydrogen) atoms. The molecule has 5 aromatic rings. The molecule has 5 rings (SSSR count). The molecular formula is C35H36BN2Si. The van der Waals surface area contributed by atoms with E-state index in [0.29, 0.717) is 5.92 Å². The summed E-state index contributed by atoms with van der Waals surface area (Å²) in [6.45, 7) is 2.31. The smallest absolute Gasteiger partial charge is 0.215 e. The molecule has 0 amide bonds. The number of allylic oxidation sites excluding steroid dienone is 2. The minimum absolute atomic E-state index is 0.185. The van der Waals surface area contributed by atoms with Crippen LogP contribution in [0.4, 0.5) is 0 Å². The monoisotopic (exact) mass is 523 g/mol. The van der Waals surface area contributed by atoms with Gasteiger partial charge < -0.3 is 4.57 Å². The van der Waals surface area contributed by atoms with Crippen LogP contribution in [0, 0.1) is 0 Å². The third kappa shape index (κ3) is 7.36. The van der Waals surface area contributed by atoms with Crippen LogP contribution < -0.4 is 5.72 Å². The van der Waals surface area contributed by atoms with Crippen molar-refractivity contribution in [3.8, 4) is 0 Å². The molecule has 0 unspecified atom stereocenters. The Morgan fingerprint density at radius 1 is 0.744 bits per heavy atom. The quantitative estimate of drug-likeness (QED) is 0.131. The summed E-state index contributed by atoms with van der Waals surface area (Å²) in [6.07, 6.45) is 8.69. The highest BCUT2D eigenvalue weighted by Gasteiger charge is 2.19. The lowest BCUT2D eigenvalue weighted by Crippen LogP contribution is -2.32. The molecule has 0 aliphatic heterocycles. The number of rotatable bonds is 12. The summed E-state index contributed by atoms with van der Waals surface area (Å²) in [4.78, 5) is 4.75. The molecule has 0 bridgehead atoms. The standard InChI is InChI=1S/C35H36BN2Si/c1-28(22-23-33(29-14-6-2-7-15-29)30-16-8-3-9-17-30)26-39-27-38-25-24-37-35(38)36-34(31-18-10-4-11-19-31)32-20-12-5-13-21-32/h2-22,24-25,33-34H,23,26-27,39H2,1H3. The van der Waals surface area contributed by atoms with Crippen molar-refractivity contribution in [2.24, 2.45) is 0 Å². The zero-order chi connectivity index (χ0) is 26.7. The van der Waals surface area contributed by atoms with E-state index in [0.717, 1.165) is 18.3 Å². The van der Waals surface area contributed by atoms with Crippen molar-refractivity contribution in [2.45, 2.75) is 37.3 Å². The first-order valence-electron chi connectivity index (χ1n) is 14.0. The van der Waals surface area contributed by atoms with Gasteiger partial charge in [-0.2, -0.15) is 0 Å². The number of imidazole rings is 1. The molecule has 4 aromatic carbocycles. The Morgan fingerprint density at radius 3 is 1.74 bits per heavy atom. The van der Waals surface area contributed by atoms with Crippen molar-refractivity contribution in [1.29, 1.82) is 0 Å². The second kappa shape index (κ2) is 13.8. The maximum absolute atomic E-state index is 4.75. The zero-order valence-corrected chi connectivity index (χ0v) is 24.1. The van der Waals surface area contributed by atoms with E-state index in [-0.39, 0.29) is 15.3 Å². The van der Waals surface area contributed by atoms with Gasteiger partial charge in [-0.3, -0.25) is 4.98 Å². The van der Waals surface area contributed by atoms with E-state index in [1.54, 1.807) is 0 Å². The largest absolute Gasteiger partial charge is 0.347 e. The summed E-state index contributed by atoms with van der Waals surface area (Å²) < 4.78 is 2.36. The van der Waals surface area contributed by atoms with Crippen LogP contribution in [0.15, 0.2) is 145 Å². The van der Waals surface area contributed by atoms with Crippen LogP contribution in [0.2, 0.25) is 6.04 Å². The molecule has 0 fully saturated rings. The third-order valence-electron chi connectivity index (χ3n) is 7.46. The van der Waals surface area contributed by atoms with Crippen molar-refractivity contribution >= 4 is 22.5 Å². The summed E-state index contributed by atoms with van der Waals surface area (Å²) >= 11 is 0. The van der Waals surface area contributed by atoms with Crippen LogP contribution in [-0.2, 0) is 6.17 Å². The van der Waals surface area contributed by atoms with E-state index >= 15 is 0 Å². The minimum Gasteiger partial charge on any atom is -0.347 e. The Hall–Kier alpha value is -3.89. The van der Waals surface area contributed by atoms with E-state index in [1.165, 1.54) is 33.9 Å². The molecule has 0 saturated heterocycles. The van der Waals surface area contributed by atoms with Crippen LogP contribution >= 0.6 is 0 Å². The highest BCUT2D eigenvalue weighted by Crippen LogP contribution is 2.29. The van der Waals surface area contributed by atoms with Gasteiger partial charge in [0, 0.05) is 34.0 Å². The van der Waals surface area contributed by atoms with E-state index in [2.05, 4.69) is 152 Å². The van der Waals surface area contributed by atoms with Crippen molar-refractivity contribution in [3.05, 3.63) is 168 Å². The van der Waals surface area contributed by atoms with Crippen LogP contribution in [0.3, 0.4) is 0 Å². The molecule has 0 aliphatic rings. The lowest BCUT2D eigenvalue weighted by Gasteiger charge is -2.18. The van der Waals surface area contributed by atoms with Gasteiger partial charge in [-0.05, 0) is 47.5 Å². The Balaban J connectivity index is 1.22. The van der Waals surface area contributed by atoms with Gasteiger partial charge in [0.1, 0.15) is 0 Å². The second-order valence-electron chi connectivity index (χ2n) is 10.2. The summed E-state index contributed by atoms with van der Waals surface area (Å²) in [7, 11) is 2.00. The number of nitrogens with zero attached hydrogens (tertiary/aromatic N) is 2. The third-order valence-corrected chi connectivity index (χ3v) is 9.40. The van der Waals surface area contributed by atoms with Gasteiger partial charge in [0.25, 0.3) is 0 Å². The Labute approximate surface area is 236 Å². The lowest BCUT2D eigenvalue weighted by atomic mass is 9.58. The van der Waals surface area contributed by atoms with Crippen molar-refractivity contribution < 1.29 is 0 Å². The van der Waals surface area contributed by atoms with E-state index in [4.69, 9.17) is 4.98 Å². The molecule has 0 saturated carbocycles. The Kier molecular flexibility index (Phi) is 9.43. The molecule has 4 heteroatoms. The first-order valence-corrected chi connectivity index (χ1v) is 16.0. The van der Waals surface area contributed by atoms with Crippen LogP contribution in [0.5, 0.6) is 0 Å². The predicted molar refractivity (Wildman–Crippen MR) is 169 cm³/mol. The van der Waals surface area contributed by atoms with Gasteiger partial charge in [-0.1, -0.05) is 133 Å². The number of aromatic nitrogens is 2. The molecule has 0 spiro atoms. The minimum atomic E-state index is -0.322. The summed E-state index contributed by atoms with van der Waals surface area (Å²) in [5.74, 6) is 0.580. The second-order valence-corrected chi connectivity index (χ2v) is 11.9. The maximum atomic E-state index is 4.75. The fourth-order valence-corrected chi connectivity index (χ4v) is 6.95. The Morgan fingerprint density at radius 2 is 1.23 bits per heavy atom. The molecule has 2 nitrogen and oxygen atoms in total. The first-order chi connectivity index (χ1) is 19.3. The van der Waals surface area contributed by atoms with Crippen LogP contribution in [0.1, 0.15) is 47.3 Å². The van der Waals surface area contributed by atoms with Gasteiger partial charge in [-0.15, -0.1) is 0 Å². The maximum Gasteiger partial charge on any atom is 0.215 e. The van der Waals surface area contributed by atoms with Gasteiger partial charge in [0.15, 0.2) is 0 Å². The summed E-state index contributed by atoms with van der Waals surface area (Å²) in [5, 5.41) is 0. The average molecular weight is 524 g/mol. The van der Waals surface area contributed by atoms with Crippen molar-refractivity contribution in [2.75, 3.05) is 0 Å². The molecule has 0 aliphatic carbocycles. The Bertz CT molecular complexity index is 1350. The fraction of sp³-hybridized carbons (Fsp3) is 0.171. The van der Waals surface area contributed by atoms with Gasteiger partial charge in [0.05, 0.1) is 5.72 Å². The van der Waals surface area contributed by atoms with Crippen molar-refractivity contribution in [3.63, 3.8) is 0 Å². The van der Waals surface area contributed by atoms with Crippen LogP contribution in [-0.4, -0.2) is 26.4 Å². The SMILES string of the molecule is CC(=CCC(c1ccccc1)c1ccccc1)C[SiH2]Cn1ccnc1[B]C(c1ccccc1)c1ccccc1. The topological polar surface area (TPSA) is 17.8 Å². The van der Waals surface area contributed by atoms with Gasteiger partial charge in [-0.25, -0.2) is 0 Å². The molecule has 1 aromatic heterocycles. The highest BCUT2D eigenvalue weighted by atomic mass is 28.2. The number of hydrogen-bond donors (Lipinski definition) is 0.